The van der Waals surface area contributed by atoms with Crippen molar-refractivity contribution in [3.05, 3.63) is 35.1 Å². The molecule has 0 aromatic heterocycles. The zero-order chi connectivity index (χ0) is 18.9. The van der Waals surface area contributed by atoms with Crippen LogP contribution in [0, 0.1) is 5.82 Å². The highest BCUT2D eigenvalue weighted by atomic mass is 127. The second-order valence-corrected chi connectivity index (χ2v) is 8.14. The molecule has 0 fully saturated rings. The van der Waals surface area contributed by atoms with Crippen LogP contribution in [0.3, 0.4) is 0 Å². The first-order chi connectivity index (χ1) is 11.7. The Bertz CT molecular complexity index is 683. The van der Waals surface area contributed by atoms with Gasteiger partial charge < -0.3 is 15.5 Å². The van der Waals surface area contributed by atoms with Gasteiger partial charge in [-0.2, -0.15) is 0 Å². The summed E-state index contributed by atoms with van der Waals surface area (Å²) in [4.78, 5) is 6.63. The van der Waals surface area contributed by atoms with Gasteiger partial charge in [-0.3, -0.25) is 0 Å². The molecule has 0 bridgehead atoms. The van der Waals surface area contributed by atoms with Crippen LogP contribution in [-0.2, 0) is 22.1 Å². The summed E-state index contributed by atoms with van der Waals surface area (Å²) < 4.78 is 36.7. The van der Waals surface area contributed by atoms with E-state index in [1.807, 2.05) is 14.0 Å². The molecule has 0 aliphatic heterocycles. The first kappa shape index (κ1) is 25.1. The van der Waals surface area contributed by atoms with E-state index in [1.165, 1.54) is 24.5 Å². The van der Waals surface area contributed by atoms with E-state index in [9.17, 15) is 12.8 Å². The van der Waals surface area contributed by atoms with Crippen LogP contribution in [-0.4, -0.2) is 58.8 Å². The number of nitrogens with one attached hydrogen (secondary N) is 2. The van der Waals surface area contributed by atoms with E-state index >= 15 is 0 Å². The van der Waals surface area contributed by atoms with Crippen molar-refractivity contribution in [3.8, 4) is 0 Å². The Morgan fingerprint density at radius 3 is 2.50 bits per heavy atom. The summed E-state index contributed by atoms with van der Waals surface area (Å²) in [6.45, 7) is 7.54. The molecule has 0 atom stereocenters. The molecule has 1 aromatic carbocycles. The first-order valence-corrected chi connectivity index (χ1v) is 10.5. The molecule has 26 heavy (non-hydrogen) atoms. The van der Waals surface area contributed by atoms with Crippen LogP contribution in [0.2, 0.25) is 0 Å². The maximum atomic E-state index is 13.5. The van der Waals surface area contributed by atoms with Crippen LogP contribution >= 0.6 is 24.0 Å². The molecule has 150 valence electrons. The molecule has 0 saturated heterocycles. The molecule has 0 spiro atoms. The van der Waals surface area contributed by atoms with Crippen LogP contribution in [0.4, 0.5) is 4.39 Å². The fourth-order valence-electron chi connectivity index (χ4n) is 2.19. The van der Waals surface area contributed by atoms with E-state index in [1.54, 1.807) is 0 Å². The quantitative estimate of drug-likeness (QED) is 0.308. The molecule has 0 aliphatic rings. The Kier molecular flexibility index (Phi) is 12.0. The predicted molar refractivity (Wildman–Crippen MR) is 116 cm³/mol. The summed E-state index contributed by atoms with van der Waals surface area (Å²) in [6.07, 6.45) is 1.17. The zero-order valence-electron chi connectivity index (χ0n) is 15.9. The van der Waals surface area contributed by atoms with Gasteiger partial charge in [0.15, 0.2) is 15.8 Å². The summed E-state index contributed by atoms with van der Waals surface area (Å²) in [5.41, 5.74) is 1.16. The Labute approximate surface area is 173 Å². The standard InChI is InChI=1S/C17H29FN4O2S.HI/c1-5-19-17(20-9-10-22(3)6-2)21-12-15-11-16(18)8-7-14(15)13-25(4,23)24;/h7-8,11H,5-6,9-10,12-13H2,1-4H3,(H2,19,20,21);1H. The summed E-state index contributed by atoms with van der Waals surface area (Å²) >= 11 is 0. The number of sulfone groups is 1. The summed E-state index contributed by atoms with van der Waals surface area (Å²) in [6, 6.07) is 4.13. The second-order valence-electron chi connectivity index (χ2n) is 6.00. The largest absolute Gasteiger partial charge is 0.357 e. The third-order valence-corrected chi connectivity index (χ3v) is 4.50. The third-order valence-electron chi connectivity index (χ3n) is 3.66. The molecule has 0 aliphatic carbocycles. The van der Waals surface area contributed by atoms with E-state index in [2.05, 4.69) is 27.4 Å². The number of likely N-dealkylation sites (N-methyl/N-ethyl adjacent to an activating group) is 1. The fourth-order valence-corrected chi connectivity index (χ4v) is 3.04. The minimum absolute atomic E-state index is 0. The highest BCUT2D eigenvalue weighted by Crippen LogP contribution is 2.15. The van der Waals surface area contributed by atoms with Gasteiger partial charge in [0.2, 0.25) is 0 Å². The molecule has 0 radical (unpaired) electrons. The second kappa shape index (κ2) is 12.4. The van der Waals surface area contributed by atoms with Gasteiger partial charge >= 0.3 is 0 Å². The molecule has 9 heteroatoms. The number of hydrogen-bond acceptors (Lipinski definition) is 4. The lowest BCUT2D eigenvalue weighted by molar-refractivity contribution is 0.357. The lowest BCUT2D eigenvalue weighted by atomic mass is 10.1. The van der Waals surface area contributed by atoms with E-state index in [0.717, 1.165) is 19.6 Å². The summed E-state index contributed by atoms with van der Waals surface area (Å²) in [5.74, 6) is 0.107. The van der Waals surface area contributed by atoms with Crippen molar-refractivity contribution in [1.29, 1.82) is 0 Å². The molecular formula is C17H30FIN4O2S. The molecule has 1 rings (SSSR count). The maximum absolute atomic E-state index is 13.5. The molecule has 0 saturated carbocycles. The van der Waals surface area contributed by atoms with Gasteiger partial charge in [0.25, 0.3) is 0 Å². The zero-order valence-corrected chi connectivity index (χ0v) is 19.0. The Morgan fingerprint density at radius 1 is 1.23 bits per heavy atom. The van der Waals surface area contributed by atoms with Crippen molar-refractivity contribution in [2.24, 2.45) is 4.99 Å². The number of halogens is 2. The SMILES string of the molecule is CCNC(=NCc1cc(F)ccc1CS(C)(=O)=O)NCCN(C)CC.I. The highest BCUT2D eigenvalue weighted by Gasteiger charge is 2.10. The average Bonchev–Trinajstić information content (AvgIpc) is 2.53. The van der Waals surface area contributed by atoms with Gasteiger partial charge in [-0.15, -0.1) is 24.0 Å². The van der Waals surface area contributed by atoms with E-state index in [0.29, 0.717) is 23.6 Å². The monoisotopic (exact) mass is 500 g/mol. The smallest absolute Gasteiger partial charge is 0.191 e. The summed E-state index contributed by atoms with van der Waals surface area (Å²) in [5, 5.41) is 6.36. The van der Waals surface area contributed by atoms with Gasteiger partial charge in [-0.25, -0.2) is 17.8 Å². The van der Waals surface area contributed by atoms with Gasteiger partial charge in [0.1, 0.15) is 5.82 Å². The van der Waals surface area contributed by atoms with Crippen molar-refractivity contribution in [3.63, 3.8) is 0 Å². The third kappa shape index (κ3) is 10.3. The molecule has 1 aromatic rings. The van der Waals surface area contributed by atoms with Gasteiger partial charge in [0.05, 0.1) is 12.3 Å². The first-order valence-electron chi connectivity index (χ1n) is 8.41. The van der Waals surface area contributed by atoms with Crippen LogP contribution in [0.15, 0.2) is 23.2 Å². The maximum Gasteiger partial charge on any atom is 0.191 e. The average molecular weight is 500 g/mol. The van der Waals surface area contributed by atoms with Crippen molar-refractivity contribution in [1.82, 2.24) is 15.5 Å². The minimum atomic E-state index is -3.20. The van der Waals surface area contributed by atoms with Gasteiger partial charge in [-0.05, 0) is 43.8 Å². The molecular weight excluding hydrogens is 470 g/mol. The predicted octanol–water partition coefficient (Wildman–Crippen LogP) is 2.00. The number of rotatable bonds is 9. The lowest BCUT2D eigenvalue weighted by Crippen LogP contribution is -2.40. The molecule has 0 amide bonds. The Morgan fingerprint density at radius 2 is 1.92 bits per heavy atom. The Hall–Kier alpha value is -0.940. The number of benzene rings is 1. The molecule has 0 heterocycles. The number of aliphatic imine (C=N–C) groups is 1. The van der Waals surface area contributed by atoms with Crippen molar-refractivity contribution in [2.45, 2.75) is 26.1 Å². The van der Waals surface area contributed by atoms with Crippen LogP contribution in [0.25, 0.3) is 0 Å². The van der Waals surface area contributed by atoms with Crippen molar-refractivity contribution < 1.29 is 12.8 Å². The number of hydrogen-bond donors (Lipinski definition) is 2. The van der Waals surface area contributed by atoms with Crippen LogP contribution in [0.1, 0.15) is 25.0 Å². The Balaban J connectivity index is 0.00000625. The van der Waals surface area contributed by atoms with Crippen molar-refractivity contribution in [2.75, 3.05) is 39.5 Å². The topological polar surface area (TPSA) is 73.8 Å². The highest BCUT2D eigenvalue weighted by molar-refractivity contribution is 14.0. The number of guanidine groups is 1. The normalized spacial score (nSPS) is 12.0. The van der Waals surface area contributed by atoms with E-state index < -0.39 is 15.7 Å². The van der Waals surface area contributed by atoms with Crippen LogP contribution in [0.5, 0.6) is 0 Å². The van der Waals surface area contributed by atoms with Gasteiger partial charge in [-0.1, -0.05) is 13.0 Å². The molecule has 0 unspecified atom stereocenters. The number of nitrogens with zero attached hydrogens (tertiary/aromatic N) is 2. The van der Waals surface area contributed by atoms with Crippen molar-refractivity contribution >= 4 is 39.8 Å². The van der Waals surface area contributed by atoms with E-state index in [-0.39, 0.29) is 36.3 Å². The van der Waals surface area contributed by atoms with E-state index in [4.69, 9.17) is 0 Å². The molecule has 6 nitrogen and oxygen atoms in total. The molecule has 2 N–H and O–H groups in total. The van der Waals surface area contributed by atoms with Crippen LogP contribution < -0.4 is 10.6 Å². The summed E-state index contributed by atoms with van der Waals surface area (Å²) in [7, 11) is -1.16. The van der Waals surface area contributed by atoms with Gasteiger partial charge in [0, 0.05) is 25.9 Å². The minimum Gasteiger partial charge on any atom is -0.357 e. The fraction of sp³-hybridized carbons (Fsp3) is 0.588. The lowest BCUT2D eigenvalue weighted by Gasteiger charge is -2.16.